The Labute approximate surface area is 104 Å². The lowest BCUT2D eigenvalue weighted by molar-refractivity contribution is -0.120. The largest absolute Gasteiger partial charge is 0.478 e. The number of aromatic carboxylic acids is 1. The number of anilines is 1. The second kappa shape index (κ2) is 5.31. The molecule has 0 unspecified atom stereocenters. The molecule has 1 aromatic heterocycles. The Morgan fingerprint density at radius 2 is 1.94 bits per heavy atom. The van der Waals surface area contributed by atoms with Crippen LogP contribution in [-0.4, -0.2) is 17.0 Å². The molecule has 2 rings (SSSR count). The molecule has 1 aliphatic carbocycles. The number of carboxylic acids is 1. The van der Waals surface area contributed by atoms with E-state index >= 15 is 0 Å². The van der Waals surface area contributed by atoms with Crippen LogP contribution in [0.1, 0.15) is 42.5 Å². The van der Waals surface area contributed by atoms with Gasteiger partial charge in [-0.3, -0.25) is 4.79 Å². The number of rotatable bonds is 3. The first kappa shape index (κ1) is 12.1. The molecule has 4 nitrogen and oxygen atoms in total. The SMILES string of the molecule is O=C(O)c1cscc1NC(=O)C1CCCCC1. The number of thiophene rings is 1. The number of nitrogens with one attached hydrogen (secondary N) is 1. The number of carboxylic acid groups (broad SMARTS) is 1. The van der Waals surface area contributed by atoms with E-state index in [1.165, 1.54) is 17.8 Å². The highest BCUT2D eigenvalue weighted by atomic mass is 32.1. The van der Waals surface area contributed by atoms with Crippen LogP contribution in [0, 0.1) is 5.92 Å². The standard InChI is InChI=1S/C12H15NO3S/c14-11(8-4-2-1-3-5-8)13-10-7-17-6-9(10)12(15)16/h6-8H,1-5H2,(H,13,14)(H,15,16). The van der Waals surface area contributed by atoms with Crippen molar-refractivity contribution in [1.82, 2.24) is 0 Å². The van der Waals surface area contributed by atoms with Gasteiger partial charge in [0.1, 0.15) is 0 Å². The Bertz CT molecular complexity index is 421. The van der Waals surface area contributed by atoms with Crippen molar-refractivity contribution in [3.8, 4) is 0 Å². The Morgan fingerprint density at radius 3 is 2.59 bits per heavy atom. The number of hydrogen-bond donors (Lipinski definition) is 2. The normalized spacial score (nSPS) is 16.7. The van der Waals surface area contributed by atoms with Gasteiger partial charge in [0, 0.05) is 16.7 Å². The summed E-state index contributed by atoms with van der Waals surface area (Å²) in [5, 5.41) is 14.9. The molecule has 1 heterocycles. The molecule has 0 saturated heterocycles. The van der Waals surface area contributed by atoms with Gasteiger partial charge in [-0.2, -0.15) is 0 Å². The summed E-state index contributed by atoms with van der Waals surface area (Å²) in [6.07, 6.45) is 5.21. The minimum Gasteiger partial charge on any atom is -0.478 e. The van der Waals surface area contributed by atoms with Gasteiger partial charge in [-0.15, -0.1) is 11.3 Å². The Balaban J connectivity index is 2.02. The quantitative estimate of drug-likeness (QED) is 0.870. The second-order valence-electron chi connectivity index (χ2n) is 4.33. The molecule has 1 aromatic rings. The third-order valence-corrected chi connectivity index (χ3v) is 3.87. The zero-order chi connectivity index (χ0) is 12.3. The molecule has 0 bridgehead atoms. The van der Waals surface area contributed by atoms with Crippen LogP contribution in [0.5, 0.6) is 0 Å². The van der Waals surface area contributed by atoms with Crippen LogP contribution in [0.2, 0.25) is 0 Å². The van der Waals surface area contributed by atoms with Crippen molar-refractivity contribution < 1.29 is 14.7 Å². The predicted octanol–water partition coefficient (Wildman–Crippen LogP) is 2.97. The molecule has 1 aliphatic rings. The molecule has 5 heteroatoms. The first-order valence-corrected chi connectivity index (χ1v) is 6.73. The van der Waals surface area contributed by atoms with Crippen molar-refractivity contribution in [2.45, 2.75) is 32.1 Å². The fourth-order valence-electron chi connectivity index (χ4n) is 2.16. The lowest BCUT2D eigenvalue weighted by Gasteiger charge is -2.20. The van der Waals surface area contributed by atoms with Gasteiger partial charge in [0.25, 0.3) is 0 Å². The van der Waals surface area contributed by atoms with Crippen molar-refractivity contribution in [3.63, 3.8) is 0 Å². The lowest BCUT2D eigenvalue weighted by atomic mass is 9.88. The van der Waals surface area contributed by atoms with Gasteiger partial charge < -0.3 is 10.4 Å². The summed E-state index contributed by atoms with van der Waals surface area (Å²) in [6, 6.07) is 0. The average Bonchev–Trinajstić information content (AvgIpc) is 2.78. The maximum atomic E-state index is 11.9. The van der Waals surface area contributed by atoms with Crippen LogP contribution in [0.15, 0.2) is 10.8 Å². The molecule has 0 aliphatic heterocycles. The second-order valence-corrected chi connectivity index (χ2v) is 5.07. The van der Waals surface area contributed by atoms with Crippen LogP contribution >= 0.6 is 11.3 Å². The molecule has 0 atom stereocenters. The zero-order valence-electron chi connectivity index (χ0n) is 9.44. The highest BCUT2D eigenvalue weighted by Gasteiger charge is 2.22. The van der Waals surface area contributed by atoms with Crippen LogP contribution in [-0.2, 0) is 4.79 Å². The first-order chi connectivity index (χ1) is 8.18. The van der Waals surface area contributed by atoms with Crippen molar-refractivity contribution in [2.24, 2.45) is 5.92 Å². The monoisotopic (exact) mass is 253 g/mol. The first-order valence-electron chi connectivity index (χ1n) is 5.79. The van der Waals surface area contributed by atoms with Gasteiger partial charge in [-0.1, -0.05) is 19.3 Å². The molecule has 1 fully saturated rings. The fraction of sp³-hybridized carbons (Fsp3) is 0.500. The maximum Gasteiger partial charge on any atom is 0.338 e. The summed E-state index contributed by atoms with van der Waals surface area (Å²) < 4.78 is 0. The predicted molar refractivity (Wildman–Crippen MR) is 66.5 cm³/mol. The van der Waals surface area contributed by atoms with Gasteiger partial charge in [0.2, 0.25) is 5.91 Å². The fourth-order valence-corrected chi connectivity index (χ4v) is 2.91. The molecule has 92 valence electrons. The van der Waals surface area contributed by atoms with E-state index in [1.54, 1.807) is 10.8 Å². The van der Waals surface area contributed by atoms with E-state index in [0.29, 0.717) is 5.69 Å². The average molecular weight is 253 g/mol. The van der Waals surface area contributed by atoms with Crippen molar-refractivity contribution in [1.29, 1.82) is 0 Å². The topological polar surface area (TPSA) is 66.4 Å². The third-order valence-electron chi connectivity index (χ3n) is 3.13. The van der Waals surface area contributed by atoms with E-state index in [0.717, 1.165) is 25.7 Å². The minimum atomic E-state index is -0.995. The summed E-state index contributed by atoms with van der Waals surface area (Å²) in [5.74, 6) is -0.985. The molecule has 2 N–H and O–H groups in total. The highest BCUT2D eigenvalue weighted by molar-refractivity contribution is 7.08. The van der Waals surface area contributed by atoms with Gasteiger partial charge >= 0.3 is 5.97 Å². The molecular formula is C12H15NO3S. The molecule has 17 heavy (non-hydrogen) atoms. The Kier molecular flexibility index (Phi) is 3.78. The third kappa shape index (κ3) is 2.85. The van der Waals surface area contributed by atoms with Crippen molar-refractivity contribution in [3.05, 3.63) is 16.3 Å². The van der Waals surface area contributed by atoms with E-state index in [1.807, 2.05) is 0 Å². The molecule has 0 aromatic carbocycles. The van der Waals surface area contributed by atoms with E-state index in [4.69, 9.17) is 5.11 Å². The smallest absolute Gasteiger partial charge is 0.338 e. The Morgan fingerprint density at radius 1 is 1.24 bits per heavy atom. The number of carbonyl (C=O) groups is 2. The summed E-state index contributed by atoms with van der Waals surface area (Å²) in [7, 11) is 0. The molecule has 0 radical (unpaired) electrons. The van der Waals surface area contributed by atoms with Crippen molar-refractivity contribution in [2.75, 3.05) is 5.32 Å². The molecule has 1 amide bonds. The summed E-state index contributed by atoms with van der Waals surface area (Å²) in [6.45, 7) is 0. The molecular weight excluding hydrogens is 238 g/mol. The number of hydrogen-bond acceptors (Lipinski definition) is 3. The summed E-state index contributed by atoms with van der Waals surface area (Å²) in [4.78, 5) is 22.8. The van der Waals surface area contributed by atoms with Gasteiger partial charge in [-0.05, 0) is 12.8 Å². The lowest BCUT2D eigenvalue weighted by Crippen LogP contribution is -2.25. The van der Waals surface area contributed by atoms with Gasteiger partial charge in [-0.25, -0.2) is 4.79 Å². The summed E-state index contributed by atoms with van der Waals surface area (Å²) >= 11 is 1.29. The van der Waals surface area contributed by atoms with E-state index in [-0.39, 0.29) is 17.4 Å². The van der Waals surface area contributed by atoms with Gasteiger partial charge in [0.15, 0.2) is 0 Å². The maximum absolute atomic E-state index is 11.9. The zero-order valence-corrected chi connectivity index (χ0v) is 10.3. The van der Waals surface area contributed by atoms with E-state index in [9.17, 15) is 9.59 Å². The molecule has 0 spiro atoms. The number of amides is 1. The van der Waals surface area contributed by atoms with Crippen molar-refractivity contribution >= 4 is 28.9 Å². The van der Waals surface area contributed by atoms with Crippen LogP contribution in [0.25, 0.3) is 0 Å². The molecule has 1 saturated carbocycles. The van der Waals surface area contributed by atoms with Crippen LogP contribution < -0.4 is 5.32 Å². The van der Waals surface area contributed by atoms with Crippen LogP contribution in [0.4, 0.5) is 5.69 Å². The summed E-state index contributed by atoms with van der Waals surface area (Å²) in [5.41, 5.74) is 0.609. The van der Waals surface area contributed by atoms with Crippen LogP contribution in [0.3, 0.4) is 0 Å². The van der Waals surface area contributed by atoms with E-state index in [2.05, 4.69) is 5.32 Å². The highest BCUT2D eigenvalue weighted by Crippen LogP contribution is 2.27. The Hall–Kier alpha value is -1.36. The van der Waals surface area contributed by atoms with E-state index < -0.39 is 5.97 Å². The number of carbonyl (C=O) groups excluding carboxylic acids is 1. The van der Waals surface area contributed by atoms with Gasteiger partial charge in [0.05, 0.1) is 11.3 Å². The minimum absolute atomic E-state index is 0.0365.